The van der Waals surface area contributed by atoms with Crippen LogP contribution in [0.25, 0.3) is 0 Å². The second kappa shape index (κ2) is 12.7. The third-order valence-corrected chi connectivity index (χ3v) is 8.28. The molecule has 1 aliphatic carbocycles. The molecule has 7 unspecified atom stereocenters. The third-order valence-electron chi connectivity index (χ3n) is 8.28. The molecule has 0 aromatic rings. The number of rotatable bonds is 12. The first-order chi connectivity index (χ1) is 13.6. The van der Waals surface area contributed by atoms with Crippen molar-refractivity contribution in [2.45, 2.75) is 132 Å². The van der Waals surface area contributed by atoms with Crippen LogP contribution in [0.4, 0.5) is 0 Å². The summed E-state index contributed by atoms with van der Waals surface area (Å²) >= 11 is 0. The van der Waals surface area contributed by atoms with Crippen LogP contribution in [0.5, 0.6) is 0 Å². The molecule has 0 amide bonds. The second-order valence-electron chi connectivity index (χ2n) is 11.5. The van der Waals surface area contributed by atoms with Crippen LogP contribution >= 0.6 is 0 Å². The van der Waals surface area contributed by atoms with Gasteiger partial charge in [0.2, 0.25) is 0 Å². The van der Waals surface area contributed by atoms with Crippen molar-refractivity contribution < 1.29 is 10.2 Å². The number of hydrogen-bond donors (Lipinski definition) is 2. The first-order valence-corrected chi connectivity index (χ1v) is 12.9. The van der Waals surface area contributed by atoms with E-state index in [4.69, 9.17) is 0 Å². The summed E-state index contributed by atoms with van der Waals surface area (Å²) in [6.07, 6.45) is 11.3. The van der Waals surface area contributed by atoms with Crippen molar-refractivity contribution in [3.63, 3.8) is 0 Å². The maximum absolute atomic E-state index is 11.6. The van der Waals surface area contributed by atoms with Crippen LogP contribution in [0.1, 0.15) is 120 Å². The van der Waals surface area contributed by atoms with Crippen LogP contribution in [0.2, 0.25) is 0 Å². The molecule has 0 spiro atoms. The predicted molar refractivity (Wildman–Crippen MR) is 127 cm³/mol. The Hall–Kier alpha value is -0.0800. The average Bonchev–Trinajstić information content (AvgIpc) is 2.66. The topological polar surface area (TPSA) is 40.5 Å². The van der Waals surface area contributed by atoms with Crippen molar-refractivity contribution in [1.82, 2.24) is 0 Å². The van der Waals surface area contributed by atoms with Gasteiger partial charge < -0.3 is 10.2 Å². The van der Waals surface area contributed by atoms with Crippen LogP contribution in [-0.2, 0) is 0 Å². The van der Waals surface area contributed by atoms with Crippen LogP contribution in [0.3, 0.4) is 0 Å². The third kappa shape index (κ3) is 7.84. The van der Waals surface area contributed by atoms with Crippen molar-refractivity contribution in [3.8, 4) is 0 Å². The molecular formula is C27H54O2. The highest BCUT2D eigenvalue weighted by Gasteiger charge is 2.41. The van der Waals surface area contributed by atoms with E-state index in [2.05, 4.69) is 55.4 Å². The molecule has 2 N–H and O–H groups in total. The molecule has 1 fully saturated rings. The highest BCUT2D eigenvalue weighted by atomic mass is 16.3. The lowest BCUT2D eigenvalue weighted by Crippen LogP contribution is -2.42. The van der Waals surface area contributed by atoms with E-state index in [1.807, 2.05) is 0 Å². The van der Waals surface area contributed by atoms with E-state index < -0.39 is 0 Å². The lowest BCUT2D eigenvalue weighted by Gasteiger charge is -2.45. The highest BCUT2D eigenvalue weighted by Crippen LogP contribution is 2.45. The lowest BCUT2D eigenvalue weighted by molar-refractivity contribution is -0.0402. The van der Waals surface area contributed by atoms with E-state index in [0.29, 0.717) is 35.5 Å². The first-order valence-electron chi connectivity index (χ1n) is 12.9. The fourth-order valence-corrected chi connectivity index (χ4v) is 6.39. The fourth-order valence-electron chi connectivity index (χ4n) is 6.39. The van der Waals surface area contributed by atoms with Gasteiger partial charge in [0.1, 0.15) is 0 Å². The Balaban J connectivity index is 3.00. The smallest absolute Gasteiger partial charge is 0.0599 e. The Morgan fingerprint density at radius 1 is 0.931 bits per heavy atom. The van der Waals surface area contributed by atoms with Gasteiger partial charge in [0.15, 0.2) is 0 Å². The zero-order chi connectivity index (χ0) is 22.2. The van der Waals surface area contributed by atoms with Crippen LogP contribution in [0.15, 0.2) is 0 Å². The highest BCUT2D eigenvalue weighted by molar-refractivity contribution is 4.90. The Morgan fingerprint density at radius 2 is 1.48 bits per heavy atom. The predicted octanol–water partition coefficient (Wildman–Crippen LogP) is 7.47. The number of aliphatic hydroxyl groups excluding tert-OH is 2. The zero-order valence-corrected chi connectivity index (χ0v) is 21.1. The van der Waals surface area contributed by atoms with Gasteiger partial charge >= 0.3 is 0 Å². The fraction of sp³-hybridized carbons (Fsp3) is 1.00. The molecule has 0 aliphatic heterocycles. The van der Waals surface area contributed by atoms with E-state index in [1.165, 1.54) is 44.9 Å². The van der Waals surface area contributed by atoms with E-state index in [9.17, 15) is 10.2 Å². The lowest BCUT2D eigenvalue weighted by atomic mass is 9.62. The van der Waals surface area contributed by atoms with Gasteiger partial charge in [0.05, 0.1) is 12.2 Å². The summed E-state index contributed by atoms with van der Waals surface area (Å²) in [5.74, 6) is 2.77. The Kier molecular flexibility index (Phi) is 11.8. The molecule has 1 saturated carbocycles. The van der Waals surface area contributed by atoms with Crippen molar-refractivity contribution in [3.05, 3.63) is 0 Å². The van der Waals surface area contributed by atoms with Gasteiger partial charge in [-0.3, -0.25) is 0 Å². The van der Waals surface area contributed by atoms with Crippen LogP contribution in [-0.4, -0.2) is 22.4 Å². The molecule has 0 aromatic carbocycles. The van der Waals surface area contributed by atoms with Crippen LogP contribution in [0, 0.1) is 40.9 Å². The minimum Gasteiger partial charge on any atom is -0.393 e. The van der Waals surface area contributed by atoms with Gasteiger partial charge in [-0.25, -0.2) is 0 Å². The maximum atomic E-state index is 11.6. The first kappa shape index (κ1) is 27.0. The van der Waals surface area contributed by atoms with Crippen LogP contribution < -0.4 is 0 Å². The van der Waals surface area contributed by atoms with E-state index >= 15 is 0 Å². The molecule has 7 atom stereocenters. The summed E-state index contributed by atoms with van der Waals surface area (Å²) in [6, 6.07) is 0. The zero-order valence-electron chi connectivity index (χ0n) is 21.1. The molecule has 1 aliphatic rings. The normalized spacial score (nSPS) is 26.2. The Bertz CT molecular complexity index is 421. The Morgan fingerprint density at radius 3 is 1.93 bits per heavy atom. The van der Waals surface area contributed by atoms with Gasteiger partial charge in [0, 0.05) is 0 Å². The standard InChI is InChI=1S/C27H54O2/c1-9-14-21(15-10-2)20(5)26(29)22(11-3)24(27(6,7)8)18-19(4)23-16-12-13-17-25(23)28/h19-26,28-29H,9-18H2,1-8H3. The maximum Gasteiger partial charge on any atom is 0.0599 e. The number of aliphatic hydroxyl groups is 2. The quantitative estimate of drug-likeness (QED) is 0.350. The molecule has 174 valence electrons. The minimum atomic E-state index is -0.226. The van der Waals surface area contributed by atoms with Gasteiger partial charge in [-0.2, -0.15) is 0 Å². The summed E-state index contributed by atoms with van der Waals surface area (Å²) < 4.78 is 0. The molecule has 0 radical (unpaired) electrons. The van der Waals surface area contributed by atoms with Crippen molar-refractivity contribution in [1.29, 1.82) is 0 Å². The Labute approximate surface area is 183 Å². The molecule has 0 saturated heterocycles. The van der Waals surface area contributed by atoms with Crippen molar-refractivity contribution >= 4 is 0 Å². The molecule has 1 rings (SSSR count). The van der Waals surface area contributed by atoms with E-state index in [0.717, 1.165) is 19.3 Å². The molecule has 2 heteroatoms. The van der Waals surface area contributed by atoms with E-state index in [1.54, 1.807) is 0 Å². The van der Waals surface area contributed by atoms with E-state index in [-0.39, 0.29) is 17.6 Å². The number of hydrogen-bond acceptors (Lipinski definition) is 2. The second-order valence-corrected chi connectivity index (χ2v) is 11.5. The van der Waals surface area contributed by atoms with Gasteiger partial charge in [-0.05, 0) is 60.2 Å². The molecule has 0 heterocycles. The minimum absolute atomic E-state index is 0.123. The van der Waals surface area contributed by atoms with Crippen molar-refractivity contribution in [2.75, 3.05) is 0 Å². The summed E-state index contributed by atoms with van der Waals surface area (Å²) in [4.78, 5) is 0. The summed E-state index contributed by atoms with van der Waals surface area (Å²) in [5.41, 5.74) is 0.167. The van der Waals surface area contributed by atoms with Gasteiger partial charge in [0.25, 0.3) is 0 Å². The molecular weight excluding hydrogens is 356 g/mol. The monoisotopic (exact) mass is 410 g/mol. The molecule has 0 aromatic heterocycles. The molecule has 0 bridgehead atoms. The largest absolute Gasteiger partial charge is 0.393 e. The average molecular weight is 411 g/mol. The SMILES string of the molecule is CCCC(CCC)C(C)C(O)C(CC)C(CC(C)C1CCCCC1O)C(C)(C)C. The summed E-state index contributed by atoms with van der Waals surface area (Å²) in [7, 11) is 0. The van der Waals surface area contributed by atoms with Gasteiger partial charge in [-0.15, -0.1) is 0 Å². The molecule has 2 nitrogen and oxygen atoms in total. The summed E-state index contributed by atoms with van der Waals surface area (Å²) in [5, 5.41) is 22.2. The molecule has 29 heavy (non-hydrogen) atoms. The van der Waals surface area contributed by atoms with Gasteiger partial charge in [-0.1, -0.05) is 100 Å². The summed E-state index contributed by atoms with van der Waals surface area (Å²) in [6.45, 7) is 18.6. The van der Waals surface area contributed by atoms with Crippen molar-refractivity contribution in [2.24, 2.45) is 40.9 Å².